The fourth-order valence-electron chi connectivity index (χ4n) is 2.75. The fraction of sp³-hybridized carbons (Fsp3) is 0.263. The monoisotopic (exact) mass is 382 g/mol. The Morgan fingerprint density at radius 3 is 2.63 bits per heavy atom. The molecular weight excluding hydrogens is 364 g/mol. The van der Waals surface area contributed by atoms with Crippen molar-refractivity contribution in [3.63, 3.8) is 0 Å². The summed E-state index contributed by atoms with van der Waals surface area (Å²) in [5.41, 5.74) is 2.04. The maximum Gasteiger partial charge on any atom is 0.337 e. The lowest BCUT2D eigenvalue weighted by Gasteiger charge is -2.19. The molecule has 0 aliphatic carbocycles. The van der Waals surface area contributed by atoms with Crippen molar-refractivity contribution in [1.82, 2.24) is 9.97 Å². The van der Waals surface area contributed by atoms with Crippen molar-refractivity contribution in [2.24, 2.45) is 0 Å². The van der Waals surface area contributed by atoms with Gasteiger partial charge in [-0.3, -0.25) is 0 Å². The number of aliphatic hydroxyl groups is 1. The van der Waals surface area contributed by atoms with Crippen molar-refractivity contribution < 1.29 is 14.6 Å². The van der Waals surface area contributed by atoms with Gasteiger partial charge in [-0.05, 0) is 24.6 Å². The van der Waals surface area contributed by atoms with Gasteiger partial charge in [0.2, 0.25) is 5.00 Å². The van der Waals surface area contributed by atoms with E-state index < -0.39 is 5.97 Å². The van der Waals surface area contributed by atoms with E-state index in [9.17, 15) is 9.90 Å². The third-order valence-electron chi connectivity index (χ3n) is 4.21. The SMILES string of the molecule is [C-]#[N+]c1sc2nc(-c3ccc(C(=O)OC)cc3)nc(N(C)CCO)c2c1C. The molecule has 0 aliphatic rings. The number of hydrogen-bond donors (Lipinski definition) is 1. The van der Waals surface area contributed by atoms with Gasteiger partial charge in [0.05, 0.1) is 25.9 Å². The van der Waals surface area contributed by atoms with Crippen LogP contribution in [-0.2, 0) is 4.74 Å². The number of nitrogens with zero attached hydrogens (tertiary/aromatic N) is 4. The number of likely N-dealkylation sites (N-methyl/N-ethyl adjacent to an activating group) is 1. The third-order valence-corrected chi connectivity index (χ3v) is 5.29. The Bertz CT molecular complexity index is 1040. The van der Waals surface area contributed by atoms with E-state index in [4.69, 9.17) is 11.3 Å². The number of rotatable bonds is 5. The summed E-state index contributed by atoms with van der Waals surface area (Å²) in [4.78, 5) is 27.1. The average Bonchev–Trinajstić information content (AvgIpc) is 3.02. The van der Waals surface area contributed by atoms with Crippen molar-refractivity contribution in [3.05, 3.63) is 46.8 Å². The van der Waals surface area contributed by atoms with Crippen LogP contribution < -0.4 is 4.90 Å². The fourth-order valence-corrected chi connectivity index (χ4v) is 3.71. The molecule has 138 valence electrons. The van der Waals surface area contributed by atoms with E-state index in [1.165, 1.54) is 18.4 Å². The first-order valence-electron chi connectivity index (χ1n) is 8.19. The van der Waals surface area contributed by atoms with Crippen molar-refractivity contribution in [2.45, 2.75) is 6.92 Å². The summed E-state index contributed by atoms with van der Waals surface area (Å²) in [6.07, 6.45) is 0. The van der Waals surface area contributed by atoms with E-state index in [2.05, 4.69) is 14.8 Å². The lowest BCUT2D eigenvalue weighted by Crippen LogP contribution is -2.22. The van der Waals surface area contributed by atoms with Gasteiger partial charge in [0.25, 0.3) is 0 Å². The Morgan fingerprint density at radius 1 is 1.33 bits per heavy atom. The number of aliphatic hydroxyl groups excluding tert-OH is 1. The number of methoxy groups -OCH3 is 1. The van der Waals surface area contributed by atoms with Gasteiger partial charge in [-0.15, -0.1) is 11.3 Å². The molecular formula is C19H18N4O3S. The van der Waals surface area contributed by atoms with E-state index in [0.717, 1.165) is 21.3 Å². The van der Waals surface area contributed by atoms with Gasteiger partial charge in [-0.1, -0.05) is 12.1 Å². The van der Waals surface area contributed by atoms with Crippen LogP contribution in [0.3, 0.4) is 0 Å². The number of fused-ring (bicyclic) bond motifs is 1. The predicted molar refractivity (Wildman–Crippen MR) is 106 cm³/mol. The predicted octanol–water partition coefficient (Wildman–Crippen LogP) is 3.43. The zero-order chi connectivity index (χ0) is 19.6. The maximum absolute atomic E-state index is 11.6. The standard InChI is InChI=1S/C19H18N4O3S/c1-11-14-16(23(3)9-10-24)21-15(22-18(14)27-17(11)20-2)12-5-7-13(8-6-12)19(25)26-4/h5-8,24H,9-10H2,1,3-4H3. The van der Waals surface area contributed by atoms with E-state index in [0.29, 0.717) is 28.8 Å². The van der Waals surface area contributed by atoms with Crippen molar-refractivity contribution >= 4 is 38.3 Å². The van der Waals surface area contributed by atoms with Crippen LogP contribution in [-0.4, -0.2) is 48.4 Å². The molecule has 0 amide bonds. The minimum atomic E-state index is -0.406. The minimum Gasteiger partial charge on any atom is -0.465 e. The number of aryl methyl sites for hydroxylation is 1. The Hall–Kier alpha value is -3.02. The number of carbonyl (C=O) groups is 1. The Labute approximate surface area is 160 Å². The quantitative estimate of drug-likeness (QED) is 0.538. The van der Waals surface area contributed by atoms with Gasteiger partial charge < -0.3 is 14.7 Å². The highest BCUT2D eigenvalue weighted by molar-refractivity contribution is 7.22. The summed E-state index contributed by atoms with van der Waals surface area (Å²) in [5, 5.41) is 10.7. The second-order valence-electron chi connectivity index (χ2n) is 5.91. The zero-order valence-corrected chi connectivity index (χ0v) is 16.0. The van der Waals surface area contributed by atoms with Crippen LogP contribution in [0.5, 0.6) is 0 Å². The molecule has 0 saturated heterocycles. The zero-order valence-electron chi connectivity index (χ0n) is 15.2. The molecule has 27 heavy (non-hydrogen) atoms. The highest BCUT2D eigenvalue weighted by Crippen LogP contribution is 2.41. The first-order chi connectivity index (χ1) is 13.0. The van der Waals surface area contributed by atoms with Crippen LogP contribution >= 0.6 is 11.3 Å². The minimum absolute atomic E-state index is 0.00990. The molecule has 0 aliphatic heterocycles. The second kappa shape index (κ2) is 7.70. The second-order valence-corrected chi connectivity index (χ2v) is 6.89. The number of thiophene rings is 1. The van der Waals surface area contributed by atoms with Crippen LogP contribution in [0.1, 0.15) is 15.9 Å². The lowest BCUT2D eigenvalue weighted by molar-refractivity contribution is 0.0600. The molecule has 0 bridgehead atoms. The topological polar surface area (TPSA) is 79.9 Å². The largest absolute Gasteiger partial charge is 0.465 e. The van der Waals surface area contributed by atoms with Gasteiger partial charge in [-0.2, -0.15) is 0 Å². The van der Waals surface area contributed by atoms with Crippen LogP contribution in [0.4, 0.5) is 10.8 Å². The molecule has 0 unspecified atom stereocenters. The molecule has 3 aromatic rings. The molecule has 7 nitrogen and oxygen atoms in total. The highest BCUT2D eigenvalue weighted by Gasteiger charge is 2.19. The van der Waals surface area contributed by atoms with Crippen molar-refractivity contribution in [1.29, 1.82) is 0 Å². The normalized spacial score (nSPS) is 10.6. The van der Waals surface area contributed by atoms with Gasteiger partial charge in [0.1, 0.15) is 10.6 Å². The first-order valence-corrected chi connectivity index (χ1v) is 9.01. The third kappa shape index (κ3) is 3.47. The van der Waals surface area contributed by atoms with Crippen LogP contribution in [0.15, 0.2) is 24.3 Å². The highest BCUT2D eigenvalue weighted by atomic mass is 32.1. The molecule has 1 aromatic carbocycles. The molecule has 3 rings (SSSR count). The number of benzene rings is 1. The first kappa shape index (κ1) is 18.8. The van der Waals surface area contributed by atoms with Gasteiger partial charge in [0, 0.05) is 24.5 Å². The number of hydrogen-bond acceptors (Lipinski definition) is 7. The molecule has 0 atom stereocenters. The van der Waals surface area contributed by atoms with Crippen molar-refractivity contribution in [2.75, 3.05) is 32.2 Å². The van der Waals surface area contributed by atoms with E-state index >= 15 is 0 Å². The van der Waals surface area contributed by atoms with Crippen LogP contribution in [0.25, 0.3) is 26.4 Å². The molecule has 0 saturated carbocycles. The number of carbonyl (C=O) groups excluding carboxylic acids is 1. The summed E-state index contributed by atoms with van der Waals surface area (Å²) >= 11 is 1.33. The summed E-state index contributed by atoms with van der Waals surface area (Å²) in [6.45, 7) is 9.65. The number of esters is 1. The van der Waals surface area contributed by atoms with Gasteiger partial charge in [-0.25, -0.2) is 19.6 Å². The lowest BCUT2D eigenvalue weighted by atomic mass is 10.1. The van der Waals surface area contributed by atoms with E-state index in [1.54, 1.807) is 24.3 Å². The molecule has 0 fully saturated rings. The summed E-state index contributed by atoms with van der Waals surface area (Å²) < 4.78 is 4.72. The van der Waals surface area contributed by atoms with E-state index in [-0.39, 0.29) is 6.61 Å². The number of ether oxygens (including phenoxy) is 1. The molecule has 2 heterocycles. The van der Waals surface area contributed by atoms with Gasteiger partial charge >= 0.3 is 5.97 Å². The summed E-state index contributed by atoms with van der Waals surface area (Å²) in [6, 6.07) is 6.85. The van der Waals surface area contributed by atoms with E-state index in [1.807, 2.05) is 18.9 Å². The smallest absolute Gasteiger partial charge is 0.337 e. The van der Waals surface area contributed by atoms with Gasteiger partial charge in [0.15, 0.2) is 5.82 Å². The molecule has 1 N–H and O–H groups in total. The Balaban J connectivity index is 2.16. The van der Waals surface area contributed by atoms with Crippen molar-refractivity contribution in [3.8, 4) is 11.4 Å². The molecule has 0 radical (unpaired) electrons. The molecule has 2 aromatic heterocycles. The number of anilines is 1. The molecule has 8 heteroatoms. The number of aromatic nitrogens is 2. The Morgan fingerprint density at radius 2 is 2.04 bits per heavy atom. The maximum atomic E-state index is 11.6. The Kier molecular flexibility index (Phi) is 5.35. The van der Waals surface area contributed by atoms with Crippen LogP contribution in [0, 0.1) is 13.5 Å². The molecule has 0 spiro atoms. The van der Waals surface area contributed by atoms with Crippen LogP contribution in [0.2, 0.25) is 0 Å². The average molecular weight is 382 g/mol. The summed E-state index contributed by atoms with van der Waals surface area (Å²) in [5.74, 6) is 0.762. The summed E-state index contributed by atoms with van der Waals surface area (Å²) in [7, 11) is 3.18.